The van der Waals surface area contributed by atoms with E-state index in [1.54, 1.807) is 37.4 Å². The van der Waals surface area contributed by atoms with Gasteiger partial charge in [-0.15, -0.1) is 0 Å². The van der Waals surface area contributed by atoms with E-state index < -0.39 is 5.54 Å². The fraction of sp³-hybridized carbons (Fsp3) is 0.290. The molecule has 0 fully saturated rings. The molecule has 1 aliphatic rings. The number of aromatic amines is 1. The molecule has 208 valence electrons. The van der Waals surface area contributed by atoms with Crippen LogP contribution in [0.5, 0.6) is 5.75 Å². The van der Waals surface area contributed by atoms with Crippen molar-refractivity contribution in [2.75, 3.05) is 13.7 Å². The largest absolute Gasteiger partial charge is 0.490 e. The molecule has 0 bridgehead atoms. The number of hydrogen-bond donors (Lipinski definition) is 4. The van der Waals surface area contributed by atoms with Crippen LogP contribution in [0.15, 0.2) is 54.6 Å². The van der Waals surface area contributed by atoms with Gasteiger partial charge in [0.25, 0.3) is 11.8 Å². The Morgan fingerprint density at radius 3 is 2.48 bits per heavy atom. The van der Waals surface area contributed by atoms with Gasteiger partial charge in [0.15, 0.2) is 0 Å². The molecule has 2 amide bonds. The van der Waals surface area contributed by atoms with Crippen LogP contribution in [-0.2, 0) is 12.0 Å². The van der Waals surface area contributed by atoms with Crippen molar-refractivity contribution < 1.29 is 19.4 Å². The fourth-order valence-corrected chi connectivity index (χ4v) is 5.95. The number of H-pyrrole nitrogens is 1. The molecule has 1 heterocycles. The van der Waals surface area contributed by atoms with E-state index in [1.807, 2.05) is 38.1 Å². The first-order chi connectivity index (χ1) is 19.2. The van der Waals surface area contributed by atoms with E-state index in [2.05, 4.69) is 15.6 Å². The van der Waals surface area contributed by atoms with Gasteiger partial charge in [-0.1, -0.05) is 35.3 Å². The molecule has 0 saturated carbocycles. The lowest BCUT2D eigenvalue weighted by Gasteiger charge is -2.37. The highest BCUT2D eigenvalue weighted by atomic mass is 35.5. The molecule has 5 rings (SSSR count). The lowest BCUT2D eigenvalue weighted by atomic mass is 9.78. The van der Waals surface area contributed by atoms with E-state index in [1.165, 1.54) is 0 Å². The summed E-state index contributed by atoms with van der Waals surface area (Å²) in [6.07, 6.45) is 2.00. The van der Waals surface area contributed by atoms with Crippen molar-refractivity contribution >= 4 is 45.9 Å². The van der Waals surface area contributed by atoms with Gasteiger partial charge in [-0.2, -0.15) is 0 Å². The van der Waals surface area contributed by atoms with Gasteiger partial charge in [0, 0.05) is 34.2 Å². The Labute approximate surface area is 242 Å². The highest BCUT2D eigenvalue weighted by Crippen LogP contribution is 2.41. The number of nitrogens with one attached hydrogen (secondary N) is 3. The minimum Gasteiger partial charge on any atom is -0.490 e. The predicted molar refractivity (Wildman–Crippen MR) is 159 cm³/mol. The van der Waals surface area contributed by atoms with Gasteiger partial charge in [0.2, 0.25) is 0 Å². The van der Waals surface area contributed by atoms with Crippen molar-refractivity contribution in [1.82, 2.24) is 15.6 Å². The van der Waals surface area contributed by atoms with E-state index in [0.29, 0.717) is 33.3 Å². The molecule has 1 aromatic heterocycles. The molecule has 4 aromatic rings. The Balaban J connectivity index is 1.57. The van der Waals surface area contributed by atoms with Crippen molar-refractivity contribution in [2.24, 2.45) is 0 Å². The second kappa shape index (κ2) is 11.2. The van der Waals surface area contributed by atoms with Crippen molar-refractivity contribution in [3.63, 3.8) is 0 Å². The molecule has 0 aliphatic heterocycles. The van der Waals surface area contributed by atoms with Crippen LogP contribution in [0, 0.1) is 0 Å². The summed E-state index contributed by atoms with van der Waals surface area (Å²) in [4.78, 5) is 29.6. The number of halogens is 2. The van der Waals surface area contributed by atoms with Gasteiger partial charge in [-0.3, -0.25) is 9.59 Å². The summed E-state index contributed by atoms with van der Waals surface area (Å²) < 4.78 is 6.02. The van der Waals surface area contributed by atoms with Crippen LogP contribution in [0.1, 0.15) is 58.7 Å². The number of carbonyl (C=O) groups is 2. The van der Waals surface area contributed by atoms with Gasteiger partial charge < -0.3 is 25.5 Å². The highest BCUT2D eigenvalue weighted by molar-refractivity contribution is 6.34. The maximum Gasteiger partial charge on any atom is 0.255 e. The van der Waals surface area contributed by atoms with Gasteiger partial charge >= 0.3 is 0 Å². The van der Waals surface area contributed by atoms with Crippen LogP contribution < -0.4 is 15.4 Å². The van der Waals surface area contributed by atoms with E-state index in [9.17, 15) is 14.7 Å². The number of aliphatic hydroxyl groups excluding tert-OH is 1. The third-order valence-electron chi connectivity index (χ3n) is 7.33. The number of aliphatic hydroxyl groups is 1. The molecule has 1 unspecified atom stereocenters. The molecule has 7 nitrogen and oxygen atoms in total. The van der Waals surface area contributed by atoms with Gasteiger partial charge in [0.05, 0.1) is 34.4 Å². The topological polar surface area (TPSA) is 103 Å². The van der Waals surface area contributed by atoms with Crippen LogP contribution in [0.2, 0.25) is 10.0 Å². The Bertz CT molecular complexity index is 1610. The zero-order valence-electron chi connectivity index (χ0n) is 22.5. The summed E-state index contributed by atoms with van der Waals surface area (Å²) in [7, 11) is 1.55. The number of hydrogen-bond acceptors (Lipinski definition) is 4. The van der Waals surface area contributed by atoms with E-state index in [-0.39, 0.29) is 24.5 Å². The van der Waals surface area contributed by atoms with Crippen molar-refractivity contribution in [3.8, 4) is 16.9 Å². The van der Waals surface area contributed by atoms with E-state index in [0.717, 1.165) is 46.1 Å². The molecule has 0 radical (unpaired) electrons. The molecular formula is C31H31Cl2N3O4. The number of aromatic nitrogens is 1. The van der Waals surface area contributed by atoms with Gasteiger partial charge in [-0.25, -0.2) is 0 Å². The molecule has 1 atom stereocenters. The first-order valence-electron chi connectivity index (χ1n) is 13.2. The lowest BCUT2D eigenvalue weighted by Crippen LogP contribution is -2.50. The Hall–Kier alpha value is -3.52. The first-order valence-corrected chi connectivity index (χ1v) is 14.0. The minimum absolute atomic E-state index is 0.164. The second-order valence-electron chi connectivity index (χ2n) is 10.4. The quantitative estimate of drug-likeness (QED) is 0.208. The molecule has 9 heteroatoms. The van der Waals surface area contributed by atoms with Crippen LogP contribution in [0.4, 0.5) is 0 Å². The number of ether oxygens (including phenoxy) is 1. The zero-order chi connectivity index (χ0) is 28.6. The van der Waals surface area contributed by atoms with Gasteiger partial charge in [-0.05, 0) is 86.7 Å². The SMILES string of the molecule is CNC(=O)c1ccc(-c2ccc(OC(C)C)c(C(=O)NC3(CO)CCCc4[nH]c5ccc(Cl)cc5c43)c2)cc1Cl. The molecule has 3 aromatic carbocycles. The first kappa shape index (κ1) is 28.0. The summed E-state index contributed by atoms with van der Waals surface area (Å²) in [6, 6.07) is 16.1. The molecule has 40 heavy (non-hydrogen) atoms. The summed E-state index contributed by atoms with van der Waals surface area (Å²) in [6.45, 7) is 3.51. The number of carbonyl (C=O) groups excluding carboxylic acids is 2. The Morgan fingerprint density at radius 2 is 1.77 bits per heavy atom. The molecule has 1 aliphatic carbocycles. The monoisotopic (exact) mass is 579 g/mol. The standard InChI is InChI=1S/C31H31Cl2N3O4/c1-17(2)40-27-11-7-18(19-6-9-21(24(33)14-19)29(38)34-3)13-23(27)30(39)36-31(16-37)12-4-5-26-28(31)22-15-20(32)8-10-25(22)35-26/h6-11,13-15,17,35,37H,4-5,12,16H2,1-3H3,(H,34,38)(H,36,39). The normalized spacial score (nSPS) is 16.6. The van der Waals surface area contributed by atoms with Crippen LogP contribution in [-0.4, -0.2) is 41.7 Å². The number of fused-ring (bicyclic) bond motifs is 3. The Morgan fingerprint density at radius 1 is 1.02 bits per heavy atom. The summed E-state index contributed by atoms with van der Waals surface area (Å²) >= 11 is 12.7. The minimum atomic E-state index is -1.00. The molecule has 0 spiro atoms. The van der Waals surface area contributed by atoms with Crippen LogP contribution >= 0.6 is 23.2 Å². The average molecular weight is 581 g/mol. The van der Waals surface area contributed by atoms with Crippen LogP contribution in [0.3, 0.4) is 0 Å². The number of amides is 2. The molecular weight excluding hydrogens is 549 g/mol. The molecule has 4 N–H and O–H groups in total. The smallest absolute Gasteiger partial charge is 0.255 e. The highest BCUT2D eigenvalue weighted by Gasteiger charge is 2.41. The number of aryl methyl sites for hydroxylation is 1. The Kier molecular flexibility index (Phi) is 7.82. The van der Waals surface area contributed by atoms with Crippen LogP contribution in [0.25, 0.3) is 22.0 Å². The third-order valence-corrected chi connectivity index (χ3v) is 7.88. The second-order valence-corrected chi connectivity index (χ2v) is 11.2. The summed E-state index contributed by atoms with van der Waals surface area (Å²) in [5.74, 6) is -0.226. The lowest BCUT2D eigenvalue weighted by molar-refractivity contribution is 0.0795. The summed E-state index contributed by atoms with van der Waals surface area (Å²) in [5.41, 5.74) is 3.92. The molecule has 0 saturated heterocycles. The van der Waals surface area contributed by atoms with Gasteiger partial charge in [0.1, 0.15) is 5.75 Å². The number of rotatable bonds is 7. The number of benzene rings is 3. The third kappa shape index (κ3) is 5.17. The van der Waals surface area contributed by atoms with E-state index in [4.69, 9.17) is 27.9 Å². The zero-order valence-corrected chi connectivity index (χ0v) is 24.0. The van der Waals surface area contributed by atoms with E-state index >= 15 is 0 Å². The maximum absolute atomic E-state index is 14.0. The average Bonchev–Trinajstić information content (AvgIpc) is 3.31. The van der Waals surface area contributed by atoms with Crippen molar-refractivity contribution in [1.29, 1.82) is 0 Å². The maximum atomic E-state index is 14.0. The van der Waals surface area contributed by atoms with Crippen molar-refractivity contribution in [3.05, 3.63) is 87.0 Å². The van der Waals surface area contributed by atoms with Crippen molar-refractivity contribution in [2.45, 2.75) is 44.8 Å². The fourth-order valence-electron chi connectivity index (χ4n) is 5.51. The predicted octanol–water partition coefficient (Wildman–Crippen LogP) is 6.24. The summed E-state index contributed by atoms with van der Waals surface area (Å²) in [5, 5.41) is 18.3.